The van der Waals surface area contributed by atoms with E-state index in [0.717, 1.165) is 18.7 Å². The monoisotopic (exact) mass is 255 g/mol. The molecule has 3 heteroatoms. The quantitative estimate of drug-likeness (QED) is 0.846. The van der Waals surface area contributed by atoms with E-state index in [4.69, 9.17) is 5.10 Å². The van der Waals surface area contributed by atoms with E-state index in [1.54, 1.807) is 0 Å². The number of hydrogen-bond donors (Lipinski definition) is 1. The summed E-state index contributed by atoms with van der Waals surface area (Å²) >= 11 is 0. The van der Waals surface area contributed by atoms with Crippen molar-refractivity contribution in [2.75, 3.05) is 11.9 Å². The molecule has 0 saturated heterocycles. The number of anilines is 1. The SMILES string of the molecule is Cc1cccc(-n2nc(C(C)(C)C)c3c2NCC3)c1. The van der Waals surface area contributed by atoms with Gasteiger partial charge in [-0.3, -0.25) is 0 Å². The molecule has 100 valence electrons. The van der Waals surface area contributed by atoms with Crippen LogP contribution in [0.5, 0.6) is 0 Å². The van der Waals surface area contributed by atoms with Crippen LogP contribution < -0.4 is 5.32 Å². The Morgan fingerprint density at radius 2 is 2.05 bits per heavy atom. The fraction of sp³-hybridized carbons (Fsp3) is 0.438. The van der Waals surface area contributed by atoms with Crippen LogP contribution in [-0.2, 0) is 11.8 Å². The summed E-state index contributed by atoms with van der Waals surface area (Å²) in [6.07, 6.45) is 1.08. The lowest BCUT2D eigenvalue weighted by Gasteiger charge is -2.16. The molecule has 0 aliphatic carbocycles. The van der Waals surface area contributed by atoms with Gasteiger partial charge in [0.2, 0.25) is 0 Å². The van der Waals surface area contributed by atoms with Gasteiger partial charge in [0.15, 0.2) is 0 Å². The van der Waals surface area contributed by atoms with E-state index in [-0.39, 0.29) is 5.41 Å². The van der Waals surface area contributed by atoms with Crippen molar-refractivity contribution >= 4 is 5.82 Å². The average Bonchev–Trinajstić information content (AvgIpc) is 2.87. The van der Waals surface area contributed by atoms with Gasteiger partial charge in [-0.2, -0.15) is 5.10 Å². The summed E-state index contributed by atoms with van der Waals surface area (Å²) in [6, 6.07) is 8.50. The van der Waals surface area contributed by atoms with Crippen LogP contribution in [-0.4, -0.2) is 16.3 Å². The zero-order chi connectivity index (χ0) is 13.6. The van der Waals surface area contributed by atoms with Gasteiger partial charge in [0.1, 0.15) is 5.82 Å². The molecule has 0 atom stereocenters. The second kappa shape index (κ2) is 4.12. The molecule has 1 aliphatic rings. The molecule has 0 radical (unpaired) electrons. The topological polar surface area (TPSA) is 29.9 Å². The average molecular weight is 255 g/mol. The van der Waals surface area contributed by atoms with Crippen molar-refractivity contribution in [2.24, 2.45) is 0 Å². The van der Waals surface area contributed by atoms with Crippen LogP contribution in [0.1, 0.15) is 37.6 Å². The summed E-state index contributed by atoms with van der Waals surface area (Å²) in [4.78, 5) is 0. The molecule has 0 amide bonds. The van der Waals surface area contributed by atoms with E-state index >= 15 is 0 Å². The van der Waals surface area contributed by atoms with Crippen molar-refractivity contribution < 1.29 is 0 Å². The highest BCUT2D eigenvalue weighted by Gasteiger charge is 2.29. The minimum Gasteiger partial charge on any atom is -0.369 e. The van der Waals surface area contributed by atoms with E-state index < -0.39 is 0 Å². The molecule has 0 bridgehead atoms. The largest absolute Gasteiger partial charge is 0.369 e. The Morgan fingerprint density at radius 1 is 1.26 bits per heavy atom. The smallest absolute Gasteiger partial charge is 0.133 e. The van der Waals surface area contributed by atoms with Crippen LogP contribution in [0.25, 0.3) is 5.69 Å². The number of nitrogens with one attached hydrogen (secondary N) is 1. The minimum atomic E-state index is 0.0885. The Labute approximate surface area is 114 Å². The van der Waals surface area contributed by atoms with Gasteiger partial charge in [-0.15, -0.1) is 0 Å². The van der Waals surface area contributed by atoms with Crippen molar-refractivity contribution in [3.8, 4) is 5.69 Å². The number of aromatic nitrogens is 2. The Bertz CT molecular complexity index is 617. The Balaban J connectivity index is 2.18. The first kappa shape index (κ1) is 12.3. The van der Waals surface area contributed by atoms with E-state index in [9.17, 15) is 0 Å². The van der Waals surface area contributed by atoms with Gasteiger partial charge >= 0.3 is 0 Å². The first-order chi connectivity index (χ1) is 8.97. The summed E-state index contributed by atoms with van der Waals surface area (Å²) < 4.78 is 2.07. The van der Waals surface area contributed by atoms with Gasteiger partial charge in [-0.1, -0.05) is 32.9 Å². The van der Waals surface area contributed by atoms with Gasteiger partial charge in [-0.05, 0) is 31.0 Å². The number of benzene rings is 1. The van der Waals surface area contributed by atoms with Crippen LogP contribution in [0.4, 0.5) is 5.82 Å². The molecule has 1 aliphatic heterocycles. The normalized spacial score (nSPS) is 14.3. The maximum atomic E-state index is 4.87. The number of aryl methyl sites for hydroxylation is 1. The van der Waals surface area contributed by atoms with Crippen LogP contribution >= 0.6 is 0 Å². The maximum Gasteiger partial charge on any atom is 0.133 e. The summed E-state index contributed by atoms with van der Waals surface area (Å²) in [5, 5.41) is 8.35. The predicted molar refractivity (Wildman–Crippen MR) is 79.2 cm³/mol. The molecule has 1 N–H and O–H groups in total. The van der Waals surface area contributed by atoms with Gasteiger partial charge in [0.05, 0.1) is 11.4 Å². The van der Waals surface area contributed by atoms with Gasteiger partial charge < -0.3 is 5.32 Å². The standard InChI is InChI=1S/C16H21N3/c1-11-6-5-7-12(10-11)19-15-13(8-9-17-15)14(18-19)16(2,3)4/h5-7,10,17H,8-9H2,1-4H3. The molecule has 0 spiro atoms. The zero-order valence-electron chi connectivity index (χ0n) is 12.1. The molecular formula is C16H21N3. The minimum absolute atomic E-state index is 0.0885. The highest BCUT2D eigenvalue weighted by atomic mass is 15.3. The van der Waals surface area contributed by atoms with Gasteiger partial charge in [0, 0.05) is 17.5 Å². The Morgan fingerprint density at radius 3 is 2.74 bits per heavy atom. The van der Waals surface area contributed by atoms with Crippen LogP contribution in [0.3, 0.4) is 0 Å². The van der Waals surface area contributed by atoms with E-state index in [1.807, 2.05) is 0 Å². The first-order valence-corrected chi connectivity index (χ1v) is 6.90. The molecule has 1 aromatic heterocycles. The van der Waals surface area contributed by atoms with Crippen molar-refractivity contribution in [3.05, 3.63) is 41.1 Å². The highest BCUT2D eigenvalue weighted by Crippen LogP contribution is 2.34. The maximum absolute atomic E-state index is 4.87. The molecule has 3 rings (SSSR count). The third kappa shape index (κ3) is 2.03. The first-order valence-electron chi connectivity index (χ1n) is 6.90. The molecule has 0 saturated carbocycles. The molecular weight excluding hydrogens is 234 g/mol. The zero-order valence-corrected chi connectivity index (χ0v) is 12.1. The lowest BCUT2D eigenvalue weighted by Crippen LogP contribution is -2.15. The van der Waals surface area contributed by atoms with Crippen LogP contribution in [0.15, 0.2) is 24.3 Å². The van der Waals surface area contributed by atoms with Crippen molar-refractivity contribution in [2.45, 2.75) is 39.5 Å². The molecule has 3 nitrogen and oxygen atoms in total. The van der Waals surface area contributed by atoms with Gasteiger partial charge in [-0.25, -0.2) is 4.68 Å². The third-order valence-corrected chi connectivity index (χ3v) is 3.61. The Kier molecular flexibility index (Phi) is 2.66. The van der Waals surface area contributed by atoms with Gasteiger partial charge in [0.25, 0.3) is 0 Å². The molecule has 1 aromatic carbocycles. The van der Waals surface area contributed by atoms with Crippen LogP contribution in [0, 0.1) is 6.92 Å². The summed E-state index contributed by atoms with van der Waals surface area (Å²) in [5.74, 6) is 1.18. The third-order valence-electron chi connectivity index (χ3n) is 3.61. The summed E-state index contributed by atoms with van der Waals surface area (Å²) in [7, 11) is 0. The van der Waals surface area contributed by atoms with Crippen molar-refractivity contribution in [3.63, 3.8) is 0 Å². The predicted octanol–water partition coefficient (Wildman–Crippen LogP) is 3.45. The Hall–Kier alpha value is -1.77. The lowest BCUT2D eigenvalue weighted by atomic mass is 9.89. The number of hydrogen-bond acceptors (Lipinski definition) is 2. The fourth-order valence-electron chi connectivity index (χ4n) is 2.72. The fourth-order valence-corrected chi connectivity index (χ4v) is 2.72. The van der Waals surface area contributed by atoms with Crippen molar-refractivity contribution in [1.29, 1.82) is 0 Å². The molecule has 2 heterocycles. The highest BCUT2D eigenvalue weighted by molar-refractivity contribution is 5.58. The van der Waals surface area contributed by atoms with E-state index in [2.05, 4.69) is 62.0 Å². The number of nitrogens with zero attached hydrogens (tertiary/aromatic N) is 2. The molecule has 19 heavy (non-hydrogen) atoms. The van der Waals surface area contributed by atoms with Crippen LogP contribution in [0.2, 0.25) is 0 Å². The second-order valence-corrected chi connectivity index (χ2v) is 6.35. The summed E-state index contributed by atoms with van der Waals surface area (Å²) in [5.41, 5.74) is 5.09. The molecule has 2 aromatic rings. The van der Waals surface area contributed by atoms with E-state index in [0.29, 0.717) is 0 Å². The molecule has 0 unspecified atom stereocenters. The lowest BCUT2D eigenvalue weighted by molar-refractivity contribution is 0.554. The van der Waals surface area contributed by atoms with Crippen molar-refractivity contribution in [1.82, 2.24) is 9.78 Å². The number of rotatable bonds is 1. The molecule has 0 fully saturated rings. The van der Waals surface area contributed by atoms with E-state index in [1.165, 1.54) is 22.6 Å². The second-order valence-electron chi connectivity index (χ2n) is 6.35. The number of fused-ring (bicyclic) bond motifs is 1. The summed E-state index contributed by atoms with van der Waals surface area (Å²) in [6.45, 7) is 9.82.